The van der Waals surface area contributed by atoms with Gasteiger partial charge in [0.15, 0.2) is 0 Å². The lowest BCUT2D eigenvalue weighted by Crippen LogP contribution is -2.44. The molecule has 0 aliphatic rings. The predicted octanol–water partition coefficient (Wildman–Crippen LogP) is 7.03. The van der Waals surface area contributed by atoms with Gasteiger partial charge in [-0.1, -0.05) is 99.7 Å². The predicted molar refractivity (Wildman–Crippen MR) is 115 cm³/mol. The van der Waals surface area contributed by atoms with Gasteiger partial charge in [0, 0.05) is 12.5 Å². The van der Waals surface area contributed by atoms with Gasteiger partial charge in [0.1, 0.15) is 6.04 Å². The minimum Gasteiger partial charge on any atom is -0.298 e. The Morgan fingerprint density at radius 2 is 1.38 bits per heavy atom. The summed E-state index contributed by atoms with van der Waals surface area (Å²) in [5, 5.41) is 3.02. The maximum Gasteiger partial charge on any atom is 0.324 e. The molecule has 0 radical (unpaired) electrons. The minimum atomic E-state index is -3.46. The van der Waals surface area contributed by atoms with Crippen molar-refractivity contribution < 1.29 is 13.6 Å². The van der Waals surface area contributed by atoms with Crippen molar-refractivity contribution in [2.45, 2.75) is 76.8 Å². The molecule has 2 aromatic carbocycles. The van der Waals surface area contributed by atoms with E-state index in [9.17, 15) is 4.79 Å². The SMILES string of the molecule is CCCCCCCCC(=O)C(F)(F)[C@H](N[C@H](C)c1ccccc1)c1ccccc1. The molecule has 0 fully saturated rings. The topological polar surface area (TPSA) is 29.1 Å². The van der Waals surface area contributed by atoms with E-state index in [0.717, 1.165) is 37.7 Å². The Bertz CT molecular complexity index is 718. The van der Waals surface area contributed by atoms with Crippen LogP contribution in [0, 0.1) is 0 Å². The summed E-state index contributed by atoms with van der Waals surface area (Å²) in [4.78, 5) is 12.5. The maximum absolute atomic E-state index is 15.3. The number of rotatable bonds is 13. The molecule has 0 aromatic heterocycles. The van der Waals surface area contributed by atoms with Crippen LogP contribution in [0.1, 0.15) is 82.0 Å². The Hall–Kier alpha value is -2.07. The van der Waals surface area contributed by atoms with E-state index in [2.05, 4.69) is 12.2 Å². The Balaban J connectivity index is 2.09. The van der Waals surface area contributed by atoms with Crippen molar-refractivity contribution in [3.8, 4) is 0 Å². The summed E-state index contributed by atoms with van der Waals surface area (Å²) in [5.41, 5.74) is 1.34. The van der Waals surface area contributed by atoms with Crippen LogP contribution in [-0.2, 0) is 4.79 Å². The van der Waals surface area contributed by atoms with Gasteiger partial charge in [0.25, 0.3) is 0 Å². The molecule has 2 atom stereocenters. The summed E-state index contributed by atoms with van der Waals surface area (Å²) in [7, 11) is 0. The smallest absolute Gasteiger partial charge is 0.298 e. The molecule has 0 amide bonds. The highest BCUT2D eigenvalue weighted by molar-refractivity contribution is 5.86. The molecule has 0 spiro atoms. The molecule has 2 aromatic rings. The van der Waals surface area contributed by atoms with Gasteiger partial charge in [-0.05, 0) is 24.5 Å². The van der Waals surface area contributed by atoms with E-state index in [1.165, 1.54) is 0 Å². The molecule has 0 heterocycles. The molecular weight excluding hydrogens is 368 g/mol. The van der Waals surface area contributed by atoms with E-state index in [0.29, 0.717) is 12.0 Å². The monoisotopic (exact) mass is 401 g/mol. The first-order valence-corrected chi connectivity index (χ1v) is 10.7. The maximum atomic E-state index is 15.3. The number of hydrogen-bond donors (Lipinski definition) is 1. The second kappa shape index (κ2) is 11.8. The third-order valence-corrected chi connectivity index (χ3v) is 5.34. The van der Waals surface area contributed by atoms with Crippen LogP contribution in [0.4, 0.5) is 8.78 Å². The molecule has 2 nitrogen and oxygen atoms in total. The van der Waals surface area contributed by atoms with Crippen molar-refractivity contribution in [1.82, 2.24) is 5.32 Å². The molecule has 0 unspecified atom stereocenters. The number of carbonyl (C=O) groups is 1. The molecule has 0 aliphatic heterocycles. The average molecular weight is 402 g/mol. The summed E-state index contributed by atoms with van der Waals surface area (Å²) in [6.07, 6.45) is 5.66. The first kappa shape index (κ1) is 23.2. The number of unbranched alkanes of at least 4 members (excludes halogenated alkanes) is 5. The van der Waals surface area contributed by atoms with Crippen molar-refractivity contribution in [1.29, 1.82) is 0 Å². The Morgan fingerprint density at radius 1 is 0.862 bits per heavy atom. The lowest BCUT2D eigenvalue weighted by atomic mass is 9.93. The zero-order valence-electron chi connectivity index (χ0n) is 17.5. The Morgan fingerprint density at radius 3 is 1.97 bits per heavy atom. The zero-order valence-corrected chi connectivity index (χ0v) is 17.5. The normalized spacial score (nSPS) is 13.8. The van der Waals surface area contributed by atoms with E-state index >= 15 is 8.78 Å². The molecule has 0 aliphatic carbocycles. The van der Waals surface area contributed by atoms with Crippen LogP contribution in [0.15, 0.2) is 60.7 Å². The number of hydrogen-bond acceptors (Lipinski definition) is 2. The molecular formula is C25H33F2NO. The van der Waals surface area contributed by atoms with Crippen LogP contribution in [0.3, 0.4) is 0 Å². The van der Waals surface area contributed by atoms with Crippen molar-refractivity contribution >= 4 is 5.78 Å². The number of Topliss-reactive ketones (excluding diaryl/α,β-unsaturated/α-hetero) is 1. The van der Waals surface area contributed by atoms with E-state index in [4.69, 9.17) is 0 Å². The third kappa shape index (κ3) is 7.04. The van der Waals surface area contributed by atoms with Gasteiger partial charge in [-0.3, -0.25) is 10.1 Å². The standard InChI is InChI=1S/C25H33F2NO/c1-3-4-5-6-7-14-19-23(29)25(26,27)24(22-17-12-9-13-18-22)28-20(2)21-15-10-8-11-16-21/h8-13,15-18,20,24,28H,3-7,14,19H2,1-2H3/t20-,24-/m1/s1. The zero-order chi connectivity index (χ0) is 21.1. The number of carbonyl (C=O) groups excluding carboxylic acids is 1. The van der Waals surface area contributed by atoms with Crippen LogP contribution in [0.5, 0.6) is 0 Å². The summed E-state index contributed by atoms with van der Waals surface area (Å²) in [6, 6.07) is 16.3. The largest absolute Gasteiger partial charge is 0.324 e. The van der Waals surface area contributed by atoms with Gasteiger partial charge >= 0.3 is 5.92 Å². The highest BCUT2D eigenvalue weighted by Crippen LogP contribution is 2.35. The van der Waals surface area contributed by atoms with Gasteiger partial charge in [-0.2, -0.15) is 8.78 Å². The van der Waals surface area contributed by atoms with Crippen molar-refractivity contribution in [3.63, 3.8) is 0 Å². The summed E-state index contributed by atoms with van der Waals surface area (Å²) in [5.74, 6) is -4.44. The quantitative estimate of drug-likeness (QED) is 0.365. The molecule has 1 N–H and O–H groups in total. The van der Waals surface area contributed by atoms with Gasteiger partial charge < -0.3 is 0 Å². The molecule has 158 valence electrons. The van der Waals surface area contributed by atoms with Gasteiger partial charge in [0.2, 0.25) is 5.78 Å². The van der Waals surface area contributed by atoms with Crippen LogP contribution < -0.4 is 5.32 Å². The number of ketones is 1. The second-order valence-corrected chi connectivity index (χ2v) is 7.71. The summed E-state index contributed by atoms with van der Waals surface area (Å²) >= 11 is 0. The molecule has 0 saturated heterocycles. The molecule has 0 saturated carbocycles. The van der Waals surface area contributed by atoms with Crippen molar-refractivity contribution in [2.24, 2.45) is 0 Å². The molecule has 2 rings (SSSR count). The van der Waals surface area contributed by atoms with Crippen LogP contribution in [0.25, 0.3) is 0 Å². The summed E-state index contributed by atoms with van der Waals surface area (Å²) < 4.78 is 30.5. The van der Waals surface area contributed by atoms with Gasteiger partial charge in [0.05, 0.1) is 0 Å². The fourth-order valence-electron chi connectivity index (χ4n) is 3.54. The van der Waals surface area contributed by atoms with E-state index in [1.807, 2.05) is 37.3 Å². The number of alkyl halides is 2. The Labute approximate surface area is 173 Å². The molecule has 4 heteroatoms. The van der Waals surface area contributed by atoms with Crippen molar-refractivity contribution in [3.05, 3.63) is 71.8 Å². The number of nitrogens with one attached hydrogen (secondary N) is 1. The second-order valence-electron chi connectivity index (χ2n) is 7.71. The third-order valence-electron chi connectivity index (χ3n) is 5.34. The van der Waals surface area contributed by atoms with E-state index in [1.54, 1.807) is 30.3 Å². The average Bonchev–Trinajstić information content (AvgIpc) is 2.75. The molecule has 0 bridgehead atoms. The fraction of sp³-hybridized carbons (Fsp3) is 0.480. The first-order chi connectivity index (χ1) is 14.0. The van der Waals surface area contributed by atoms with Crippen molar-refractivity contribution in [2.75, 3.05) is 0 Å². The Kier molecular flexibility index (Phi) is 9.46. The lowest BCUT2D eigenvalue weighted by Gasteiger charge is -2.30. The van der Waals surface area contributed by atoms with Gasteiger partial charge in [-0.25, -0.2) is 0 Å². The van der Waals surface area contributed by atoms with E-state index < -0.39 is 17.7 Å². The van der Waals surface area contributed by atoms with Crippen LogP contribution in [0.2, 0.25) is 0 Å². The highest BCUT2D eigenvalue weighted by atomic mass is 19.3. The summed E-state index contributed by atoms with van der Waals surface area (Å²) in [6.45, 7) is 3.98. The van der Waals surface area contributed by atoms with Crippen LogP contribution in [-0.4, -0.2) is 11.7 Å². The molecule has 29 heavy (non-hydrogen) atoms. The number of benzene rings is 2. The lowest BCUT2D eigenvalue weighted by molar-refractivity contribution is -0.148. The number of halogens is 2. The van der Waals surface area contributed by atoms with Crippen LogP contribution >= 0.6 is 0 Å². The van der Waals surface area contributed by atoms with Gasteiger partial charge in [-0.15, -0.1) is 0 Å². The van der Waals surface area contributed by atoms with E-state index in [-0.39, 0.29) is 12.5 Å². The fourth-order valence-corrected chi connectivity index (χ4v) is 3.54. The minimum absolute atomic E-state index is 0.0795. The first-order valence-electron chi connectivity index (χ1n) is 10.7. The highest BCUT2D eigenvalue weighted by Gasteiger charge is 2.47.